The molecule has 0 saturated carbocycles. The summed E-state index contributed by atoms with van der Waals surface area (Å²) in [5.74, 6) is -3.04. The van der Waals surface area contributed by atoms with Crippen LogP contribution in [0.3, 0.4) is 0 Å². The summed E-state index contributed by atoms with van der Waals surface area (Å²) in [6.45, 7) is 3.44. The van der Waals surface area contributed by atoms with Crippen LogP contribution in [-0.2, 0) is 27.3 Å². The van der Waals surface area contributed by atoms with Gasteiger partial charge in [-0.3, -0.25) is 14.4 Å². The van der Waals surface area contributed by atoms with Gasteiger partial charge >= 0.3 is 6.18 Å². The van der Waals surface area contributed by atoms with E-state index >= 15 is 0 Å². The van der Waals surface area contributed by atoms with Crippen LogP contribution in [0.5, 0.6) is 0 Å². The van der Waals surface area contributed by atoms with Gasteiger partial charge in [-0.1, -0.05) is 74.5 Å². The number of hydrogen-bond donors (Lipinski definition) is 1. The van der Waals surface area contributed by atoms with Crippen molar-refractivity contribution in [3.8, 4) is 0 Å². The second kappa shape index (κ2) is 8.98. The molecule has 0 bridgehead atoms. The molecule has 2 amide bonds. The first-order valence-corrected chi connectivity index (χ1v) is 11.5. The third-order valence-electron chi connectivity index (χ3n) is 6.54. The maximum atomic E-state index is 14.8. The minimum Gasteiger partial charge on any atom is -0.330 e. The molecule has 2 aromatic carbocycles. The predicted molar refractivity (Wildman–Crippen MR) is 124 cm³/mol. The Bertz CT molecular complexity index is 1170. The largest absolute Gasteiger partial charge is 0.425 e. The van der Waals surface area contributed by atoms with E-state index in [0.29, 0.717) is 5.56 Å². The van der Waals surface area contributed by atoms with E-state index in [1.165, 1.54) is 0 Å². The van der Waals surface area contributed by atoms with Gasteiger partial charge < -0.3 is 10.2 Å². The van der Waals surface area contributed by atoms with Gasteiger partial charge in [-0.15, -0.1) is 0 Å². The van der Waals surface area contributed by atoms with Gasteiger partial charge in [0.25, 0.3) is 5.91 Å². The van der Waals surface area contributed by atoms with E-state index in [-0.39, 0.29) is 37.9 Å². The smallest absolute Gasteiger partial charge is 0.330 e. The Morgan fingerprint density at radius 1 is 0.943 bits per heavy atom. The van der Waals surface area contributed by atoms with Crippen LogP contribution < -0.4 is 5.32 Å². The van der Waals surface area contributed by atoms with Crippen LogP contribution in [0.4, 0.5) is 13.2 Å². The number of aryl methyl sites for hydroxylation is 1. The first-order valence-electron chi connectivity index (χ1n) is 11.5. The first-order chi connectivity index (χ1) is 16.4. The lowest BCUT2D eigenvalue weighted by Gasteiger charge is -2.35. The standard InChI is InChI=1S/C27H27F3N2O3/c1-25(2)15-20-23(21(33)16-25)26(27(28,29)30,24(35)32(20)17-19-11-7-4-8-12-19)31-22(34)14-13-18-9-5-3-6-10-18/h3-12H,13-17H2,1-2H3,(H,31,34)/t26-/m0/s1. The number of amides is 2. The molecule has 1 atom stereocenters. The summed E-state index contributed by atoms with van der Waals surface area (Å²) in [7, 11) is 0. The number of ketones is 1. The third kappa shape index (κ3) is 4.61. The van der Waals surface area contributed by atoms with Crippen LogP contribution in [0.1, 0.15) is 44.2 Å². The molecule has 1 aliphatic heterocycles. The zero-order valence-corrected chi connectivity index (χ0v) is 19.6. The van der Waals surface area contributed by atoms with Crippen LogP contribution in [-0.4, -0.2) is 34.2 Å². The molecule has 5 nitrogen and oxygen atoms in total. The molecule has 8 heteroatoms. The number of nitrogens with one attached hydrogen (secondary N) is 1. The van der Waals surface area contributed by atoms with Crippen molar-refractivity contribution in [3.05, 3.63) is 83.1 Å². The van der Waals surface area contributed by atoms with Crippen LogP contribution >= 0.6 is 0 Å². The average Bonchev–Trinajstić information content (AvgIpc) is 3.01. The van der Waals surface area contributed by atoms with Crippen molar-refractivity contribution < 1.29 is 27.6 Å². The number of carbonyl (C=O) groups is 3. The zero-order valence-electron chi connectivity index (χ0n) is 19.6. The van der Waals surface area contributed by atoms with Crippen LogP contribution in [0, 0.1) is 5.41 Å². The molecule has 0 saturated heterocycles. The molecule has 0 radical (unpaired) electrons. The number of benzene rings is 2. The Morgan fingerprint density at radius 2 is 1.51 bits per heavy atom. The van der Waals surface area contributed by atoms with E-state index in [0.717, 1.165) is 10.5 Å². The molecule has 35 heavy (non-hydrogen) atoms. The summed E-state index contributed by atoms with van der Waals surface area (Å²) in [5, 5.41) is 1.99. The molecule has 0 fully saturated rings. The van der Waals surface area contributed by atoms with Gasteiger partial charge in [0.1, 0.15) is 0 Å². The van der Waals surface area contributed by atoms with Crippen LogP contribution in [0.15, 0.2) is 71.9 Å². The van der Waals surface area contributed by atoms with Crippen molar-refractivity contribution in [2.45, 2.75) is 57.8 Å². The summed E-state index contributed by atoms with van der Waals surface area (Å²) in [6.07, 6.45) is -5.28. The van der Waals surface area contributed by atoms with E-state index in [9.17, 15) is 27.6 Å². The molecule has 184 valence electrons. The highest BCUT2D eigenvalue weighted by Gasteiger charge is 2.71. The highest BCUT2D eigenvalue weighted by Crippen LogP contribution is 2.52. The number of hydrogen-bond acceptors (Lipinski definition) is 3. The molecule has 2 aromatic rings. The van der Waals surface area contributed by atoms with Gasteiger partial charge in [-0.2, -0.15) is 13.2 Å². The van der Waals surface area contributed by atoms with E-state index in [1.807, 2.05) is 5.32 Å². The molecule has 0 unspecified atom stereocenters. The summed E-state index contributed by atoms with van der Waals surface area (Å²) >= 11 is 0. The number of rotatable bonds is 6. The Hall–Kier alpha value is -3.42. The minimum atomic E-state index is -5.20. The van der Waals surface area contributed by atoms with Gasteiger partial charge in [0.05, 0.1) is 12.1 Å². The molecule has 1 N–H and O–H groups in total. The molecular weight excluding hydrogens is 457 g/mol. The van der Waals surface area contributed by atoms with Crippen LogP contribution in [0.2, 0.25) is 0 Å². The van der Waals surface area contributed by atoms with Crippen molar-refractivity contribution in [1.29, 1.82) is 0 Å². The lowest BCUT2D eigenvalue weighted by atomic mass is 9.72. The van der Waals surface area contributed by atoms with Crippen molar-refractivity contribution in [3.63, 3.8) is 0 Å². The molecule has 1 aliphatic carbocycles. The minimum absolute atomic E-state index is 0.0424. The number of allylic oxidation sites excluding steroid dienone is 1. The highest BCUT2D eigenvalue weighted by atomic mass is 19.4. The molecule has 0 spiro atoms. The topological polar surface area (TPSA) is 66.5 Å². The molecule has 4 rings (SSSR count). The van der Waals surface area contributed by atoms with Gasteiger partial charge in [0.2, 0.25) is 11.4 Å². The fourth-order valence-electron chi connectivity index (χ4n) is 4.93. The summed E-state index contributed by atoms with van der Waals surface area (Å²) < 4.78 is 44.4. The Morgan fingerprint density at radius 3 is 2.09 bits per heavy atom. The maximum absolute atomic E-state index is 14.8. The van der Waals surface area contributed by atoms with Crippen molar-refractivity contribution >= 4 is 17.6 Å². The lowest BCUT2D eigenvalue weighted by Crippen LogP contribution is -2.66. The molecule has 1 heterocycles. The number of nitrogens with zero attached hydrogens (tertiary/aromatic N) is 1. The monoisotopic (exact) mass is 484 g/mol. The fraction of sp³-hybridized carbons (Fsp3) is 0.370. The number of Topliss-reactive ketones (excluding diaryl/α,β-unsaturated/α-hetero) is 1. The van der Waals surface area contributed by atoms with E-state index in [4.69, 9.17) is 0 Å². The SMILES string of the molecule is CC1(C)CC(=O)C2=C(C1)N(Cc1ccccc1)C(=O)[C@]2(NC(=O)CCc1ccccc1)C(F)(F)F. The van der Waals surface area contributed by atoms with Crippen molar-refractivity contribution in [1.82, 2.24) is 10.2 Å². The Kier molecular flexibility index (Phi) is 6.34. The molecule has 0 aromatic heterocycles. The van der Waals surface area contributed by atoms with Gasteiger partial charge in [-0.25, -0.2) is 0 Å². The highest BCUT2D eigenvalue weighted by molar-refractivity contribution is 6.13. The predicted octanol–water partition coefficient (Wildman–Crippen LogP) is 4.72. The summed E-state index contributed by atoms with van der Waals surface area (Å²) in [4.78, 5) is 40.6. The number of carbonyl (C=O) groups excluding carboxylic acids is 3. The Labute approximate surface area is 202 Å². The second-order valence-electron chi connectivity index (χ2n) is 9.92. The molecular formula is C27H27F3N2O3. The first kappa shape index (κ1) is 24.7. The quantitative estimate of drug-likeness (QED) is 0.645. The Balaban J connectivity index is 1.74. The average molecular weight is 485 g/mol. The normalized spacial score (nSPS) is 21.8. The fourth-order valence-corrected chi connectivity index (χ4v) is 4.93. The zero-order chi connectivity index (χ0) is 25.4. The lowest BCUT2D eigenvalue weighted by molar-refractivity contribution is -0.194. The third-order valence-corrected chi connectivity index (χ3v) is 6.54. The summed E-state index contributed by atoms with van der Waals surface area (Å²) in [6, 6.07) is 17.5. The van der Waals surface area contributed by atoms with Gasteiger partial charge in [0.15, 0.2) is 5.78 Å². The van der Waals surface area contributed by atoms with Crippen molar-refractivity contribution in [2.75, 3.05) is 0 Å². The molecule has 2 aliphatic rings. The van der Waals surface area contributed by atoms with E-state index in [2.05, 4.69) is 0 Å². The summed E-state index contributed by atoms with van der Waals surface area (Å²) in [5.41, 5.74) is -3.21. The maximum Gasteiger partial charge on any atom is 0.425 e. The second-order valence-corrected chi connectivity index (χ2v) is 9.92. The van der Waals surface area contributed by atoms with Crippen molar-refractivity contribution in [2.24, 2.45) is 5.41 Å². The van der Waals surface area contributed by atoms with E-state index in [1.54, 1.807) is 74.5 Å². The van der Waals surface area contributed by atoms with E-state index < -0.39 is 40.3 Å². The number of alkyl halides is 3. The number of halogens is 3. The van der Waals surface area contributed by atoms with Crippen LogP contribution in [0.25, 0.3) is 0 Å². The van der Waals surface area contributed by atoms with Gasteiger partial charge in [0, 0.05) is 18.5 Å². The van der Waals surface area contributed by atoms with Gasteiger partial charge in [-0.05, 0) is 29.4 Å².